The van der Waals surface area contributed by atoms with Gasteiger partial charge in [-0.05, 0) is 56.7 Å². The molecule has 1 aliphatic heterocycles. The van der Waals surface area contributed by atoms with Crippen LogP contribution in [0.5, 0.6) is 0 Å². The predicted molar refractivity (Wildman–Crippen MR) is 69.4 cm³/mol. The van der Waals surface area contributed by atoms with Gasteiger partial charge in [-0.3, -0.25) is 0 Å². The molecule has 2 unspecified atom stereocenters. The molecule has 2 aliphatic rings. The van der Waals surface area contributed by atoms with Gasteiger partial charge in [0.05, 0.1) is 0 Å². The highest BCUT2D eigenvalue weighted by molar-refractivity contribution is 4.88. The Hall–Kier alpha value is -0.0800. The van der Waals surface area contributed by atoms with E-state index in [0.29, 0.717) is 5.41 Å². The van der Waals surface area contributed by atoms with Gasteiger partial charge in [0, 0.05) is 6.04 Å². The summed E-state index contributed by atoms with van der Waals surface area (Å²) >= 11 is 0. The topological polar surface area (TPSA) is 29.3 Å². The van der Waals surface area contributed by atoms with E-state index in [4.69, 9.17) is 5.73 Å². The van der Waals surface area contributed by atoms with Crippen LogP contribution in [0.25, 0.3) is 0 Å². The molecule has 0 aromatic rings. The van der Waals surface area contributed by atoms with Crippen LogP contribution in [-0.2, 0) is 0 Å². The highest BCUT2D eigenvalue weighted by atomic mass is 15.2. The van der Waals surface area contributed by atoms with E-state index in [0.717, 1.165) is 18.5 Å². The van der Waals surface area contributed by atoms with Crippen molar-refractivity contribution in [2.24, 2.45) is 17.1 Å². The predicted octanol–water partition coefficient (Wildman–Crippen LogP) is 2.63. The van der Waals surface area contributed by atoms with E-state index >= 15 is 0 Å². The number of likely N-dealkylation sites (tertiary alicyclic amines) is 1. The Kier molecular flexibility index (Phi) is 3.91. The first-order valence-corrected chi connectivity index (χ1v) is 7.06. The minimum Gasteiger partial charge on any atom is -0.330 e. The maximum absolute atomic E-state index is 5.93. The van der Waals surface area contributed by atoms with Crippen molar-refractivity contribution in [1.82, 2.24) is 4.90 Å². The van der Waals surface area contributed by atoms with E-state index in [1.807, 2.05) is 0 Å². The molecule has 2 N–H and O–H groups in total. The Labute approximate surface area is 101 Å². The van der Waals surface area contributed by atoms with Gasteiger partial charge in [0.25, 0.3) is 0 Å². The van der Waals surface area contributed by atoms with E-state index in [2.05, 4.69) is 18.7 Å². The summed E-state index contributed by atoms with van der Waals surface area (Å²) in [5, 5.41) is 0. The van der Waals surface area contributed by atoms with Gasteiger partial charge in [-0.1, -0.05) is 26.7 Å². The van der Waals surface area contributed by atoms with Gasteiger partial charge >= 0.3 is 0 Å². The molecule has 0 aromatic carbocycles. The van der Waals surface area contributed by atoms with Crippen LogP contribution in [0.15, 0.2) is 0 Å². The number of rotatable bonds is 2. The summed E-state index contributed by atoms with van der Waals surface area (Å²) in [7, 11) is 0. The van der Waals surface area contributed by atoms with Crippen molar-refractivity contribution in [3.63, 3.8) is 0 Å². The number of hydrogen-bond acceptors (Lipinski definition) is 2. The molecule has 1 saturated carbocycles. The van der Waals surface area contributed by atoms with Crippen molar-refractivity contribution < 1.29 is 0 Å². The third-order valence-corrected chi connectivity index (χ3v) is 4.79. The number of nitrogens with zero attached hydrogens (tertiary/aromatic N) is 1. The molecule has 2 atom stereocenters. The molecule has 16 heavy (non-hydrogen) atoms. The van der Waals surface area contributed by atoms with Gasteiger partial charge in [-0.2, -0.15) is 0 Å². The number of hydrogen-bond donors (Lipinski definition) is 1. The normalized spacial score (nSPS) is 36.2. The van der Waals surface area contributed by atoms with Crippen molar-refractivity contribution >= 4 is 0 Å². The van der Waals surface area contributed by atoms with Gasteiger partial charge in [-0.25, -0.2) is 0 Å². The molecule has 0 bridgehead atoms. The van der Waals surface area contributed by atoms with E-state index in [1.54, 1.807) is 0 Å². The van der Waals surface area contributed by atoms with Crippen LogP contribution in [0.1, 0.15) is 52.4 Å². The summed E-state index contributed by atoms with van der Waals surface area (Å²) < 4.78 is 0. The van der Waals surface area contributed by atoms with Gasteiger partial charge in [0.1, 0.15) is 0 Å². The lowest BCUT2D eigenvalue weighted by molar-refractivity contribution is 0.0487. The van der Waals surface area contributed by atoms with Crippen LogP contribution in [-0.4, -0.2) is 30.6 Å². The van der Waals surface area contributed by atoms with Crippen molar-refractivity contribution in [3.05, 3.63) is 0 Å². The molecule has 1 saturated heterocycles. The summed E-state index contributed by atoms with van der Waals surface area (Å²) in [6.45, 7) is 8.31. The average molecular weight is 224 g/mol. The maximum atomic E-state index is 5.93. The first-order valence-electron chi connectivity index (χ1n) is 7.06. The van der Waals surface area contributed by atoms with E-state index in [1.165, 1.54) is 51.6 Å². The molecule has 1 heterocycles. The zero-order chi connectivity index (χ0) is 11.6. The van der Waals surface area contributed by atoms with Crippen molar-refractivity contribution in [3.8, 4) is 0 Å². The number of piperidine rings is 1. The smallest absolute Gasteiger partial charge is 0.0136 e. The lowest BCUT2D eigenvalue weighted by Crippen LogP contribution is -2.49. The zero-order valence-electron chi connectivity index (χ0n) is 11.0. The quantitative estimate of drug-likeness (QED) is 0.781. The summed E-state index contributed by atoms with van der Waals surface area (Å²) in [6.07, 6.45) is 8.30. The molecule has 2 heteroatoms. The molecule has 0 aromatic heterocycles. The summed E-state index contributed by atoms with van der Waals surface area (Å²) in [5.41, 5.74) is 6.50. The first kappa shape index (κ1) is 12.4. The highest BCUT2D eigenvalue weighted by Gasteiger charge is 2.33. The second-order valence-electron chi connectivity index (χ2n) is 6.55. The second kappa shape index (κ2) is 5.05. The number of nitrogens with two attached hydrogens (primary N) is 1. The Morgan fingerprint density at radius 3 is 2.38 bits per heavy atom. The van der Waals surface area contributed by atoms with Gasteiger partial charge in [-0.15, -0.1) is 0 Å². The van der Waals surface area contributed by atoms with Crippen LogP contribution in [0.3, 0.4) is 0 Å². The maximum Gasteiger partial charge on any atom is 0.0136 e. The second-order valence-corrected chi connectivity index (χ2v) is 6.55. The third-order valence-electron chi connectivity index (χ3n) is 4.79. The first-order chi connectivity index (χ1) is 7.62. The van der Waals surface area contributed by atoms with Gasteiger partial charge < -0.3 is 10.6 Å². The minimum absolute atomic E-state index is 0.573. The highest BCUT2D eigenvalue weighted by Crippen LogP contribution is 2.35. The standard InChI is InChI=1S/C14H28N2/c1-14(2)7-9-16(10-8-14)13-6-4-3-5-12(13)11-15/h12-13H,3-11,15H2,1-2H3. The molecule has 2 fully saturated rings. The largest absolute Gasteiger partial charge is 0.330 e. The van der Waals surface area contributed by atoms with Crippen LogP contribution in [0.4, 0.5) is 0 Å². The molecular formula is C14H28N2. The van der Waals surface area contributed by atoms with Crippen molar-refractivity contribution in [2.45, 2.75) is 58.4 Å². The van der Waals surface area contributed by atoms with Crippen molar-refractivity contribution in [1.29, 1.82) is 0 Å². The fourth-order valence-corrected chi connectivity index (χ4v) is 3.40. The van der Waals surface area contributed by atoms with Crippen LogP contribution < -0.4 is 5.73 Å². The molecule has 0 amide bonds. The molecule has 2 rings (SSSR count). The molecule has 0 spiro atoms. The fraction of sp³-hybridized carbons (Fsp3) is 1.00. The summed E-state index contributed by atoms with van der Waals surface area (Å²) in [6, 6.07) is 0.801. The molecule has 1 aliphatic carbocycles. The lowest BCUT2D eigenvalue weighted by atomic mass is 9.78. The summed E-state index contributed by atoms with van der Waals surface area (Å²) in [4.78, 5) is 2.74. The van der Waals surface area contributed by atoms with Gasteiger partial charge in [0.2, 0.25) is 0 Å². The Morgan fingerprint density at radius 1 is 1.12 bits per heavy atom. The van der Waals surface area contributed by atoms with Gasteiger partial charge in [0.15, 0.2) is 0 Å². The van der Waals surface area contributed by atoms with E-state index in [9.17, 15) is 0 Å². The molecular weight excluding hydrogens is 196 g/mol. The Bertz CT molecular complexity index is 215. The third kappa shape index (κ3) is 2.78. The summed E-state index contributed by atoms with van der Waals surface area (Å²) in [5.74, 6) is 0.773. The van der Waals surface area contributed by atoms with Crippen LogP contribution >= 0.6 is 0 Å². The minimum atomic E-state index is 0.573. The Morgan fingerprint density at radius 2 is 1.75 bits per heavy atom. The SMILES string of the molecule is CC1(C)CCN(C2CCCCC2CN)CC1. The fourth-order valence-electron chi connectivity index (χ4n) is 3.40. The molecule has 94 valence electrons. The molecule has 0 radical (unpaired) electrons. The average Bonchev–Trinajstić information content (AvgIpc) is 2.29. The lowest BCUT2D eigenvalue weighted by Gasteiger charge is -2.45. The van der Waals surface area contributed by atoms with Crippen molar-refractivity contribution in [2.75, 3.05) is 19.6 Å². The monoisotopic (exact) mass is 224 g/mol. The Balaban J connectivity index is 1.91. The van der Waals surface area contributed by atoms with E-state index in [-0.39, 0.29) is 0 Å². The van der Waals surface area contributed by atoms with Crippen LogP contribution in [0.2, 0.25) is 0 Å². The zero-order valence-corrected chi connectivity index (χ0v) is 11.0. The van der Waals surface area contributed by atoms with Crippen LogP contribution in [0, 0.1) is 11.3 Å². The van der Waals surface area contributed by atoms with E-state index < -0.39 is 0 Å². The molecule has 2 nitrogen and oxygen atoms in total.